The van der Waals surface area contributed by atoms with Gasteiger partial charge in [0.25, 0.3) is 11.1 Å². The molecule has 0 aliphatic heterocycles. The molecule has 0 aliphatic carbocycles. The first-order chi connectivity index (χ1) is 12.7. The molecule has 0 saturated carbocycles. The molecule has 0 N–H and O–H groups in total. The molecule has 4 aromatic rings. The fourth-order valence-electron chi connectivity index (χ4n) is 2.30. The SMILES string of the molecule is C[C@H](Sc1nnc(-c2ccccc2F)o1)c1nnc(-c2ccccc2)o1. The predicted octanol–water partition coefficient (Wildman–Crippen LogP) is 4.78. The number of thioether (sulfide) groups is 1. The van der Waals surface area contributed by atoms with E-state index in [1.165, 1.54) is 17.8 Å². The number of aromatic nitrogens is 4. The van der Waals surface area contributed by atoms with Crippen LogP contribution in [0.1, 0.15) is 18.1 Å². The van der Waals surface area contributed by atoms with Gasteiger partial charge in [-0.3, -0.25) is 0 Å². The van der Waals surface area contributed by atoms with Crippen LogP contribution in [0.25, 0.3) is 22.9 Å². The molecule has 2 heterocycles. The topological polar surface area (TPSA) is 77.8 Å². The number of benzene rings is 2. The largest absolute Gasteiger partial charge is 0.419 e. The molecule has 1 atom stereocenters. The van der Waals surface area contributed by atoms with Crippen LogP contribution in [-0.4, -0.2) is 20.4 Å². The summed E-state index contributed by atoms with van der Waals surface area (Å²) < 4.78 is 25.1. The molecule has 0 fully saturated rings. The third-order valence-electron chi connectivity index (χ3n) is 3.60. The summed E-state index contributed by atoms with van der Waals surface area (Å²) in [5.74, 6) is 0.614. The number of halogens is 1. The maximum atomic E-state index is 13.8. The van der Waals surface area contributed by atoms with E-state index < -0.39 is 5.82 Å². The highest BCUT2D eigenvalue weighted by Crippen LogP contribution is 2.35. The summed E-state index contributed by atoms with van der Waals surface area (Å²) in [5, 5.41) is 16.1. The lowest BCUT2D eigenvalue weighted by molar-refractivity contribution is 0.458. The van der Waals surface area contributed by atoms with Crippen LogP contribution in [0.15, 0.2) is 68.7 Å². The lowest BCUT2D eigenvalue weighted by atomic mass is 10.2. The summed E-state index contributed by atoms with van der Waals surface area (Å²) >= 11 is 1.27. The Kier molecular flexibility index (Phi) is 4.49. The molecule has 0 bridgehead atoms. The molecule has 0 spiro atoms. The van der Waals surface area contributed by atoms with Gasteiger partial charge in [0.2, 0.25) is 11.8 Å². The highest BCUT2D eigenvalue weighted by molar-refractivity contribution is 7.99. The molecule has 2 aromatic heterocycles. The van der Waals surface area contributed by atoms with Gasteiger partial charge >= 0.3 is 0 Å². The number of nitrogens with zero attached hydrogens (tertiary/aromatic N) is 4. The Morgan fingerprint density at radius 1 is 0.846 bits per heavy atom. The molecular formula is C18H13FN4O2S. The highest BCUT2D eigenvalue weighted by Gasteiger charge is 2.20. The zero-order chi connectivity index (χ0) is 17.9. The fraction of sp³-hybridized carbons (Fsp3) is 0.111. The molecule has 0 radical (unpaired) electrons. The van der Waals surface area contributed by atoms with Crippen molar-refractivity contribution >= 4 is 11.8 Å². The van der Waals surface area contributed by atoms with Crippen molar-refractivity contribution in [3.8, 4) is 22.9 Å². The van der Waals surface area contributed by atoms with Crippen molar-refractivity contribution in [3.63, 3.8) is 0 Å². The van der Waals surface area contributed by atoms with Gasteiger partial charge in [-0.2, -0.15) is 0 Å². The van der Waals surface area contributed by atoms with Gasteiger partial charge in [-0.05, 0) is 31.2 Å². The van der Waals surface area contributed by atoms with Crippen LogP contribution in [0.4, 0.5) is 4.39 Å². The second kappa shape index (κ2) is 7.09. The summed E-state index contributed by atoms with van der Waals surface area (Å²) in [6.45, 7) is 1.89. The van der Waals surface area contributed by atoms with Gasteiger partial charge in [-0.25, -0.2) is 4.39 Å². The third kappa shape index (κ3) is 3.36. The van der Waals surface area contributed by atoms with Gasteiger partial charge in [-0.1, -0.05) is 42.1 Å². The molecule has 0 amide bonds. The van der Waals surface area contributed by atoms with Crippen molar-refractivity contribution in [2.45, 2.75) is 17.4 Å². The molecule has 26 heavy (non-hydrogen) atoms. The number of hydrogen-bond acceptors (Lipinski definition) is 7. The van der Waals surface area contributed by atoms with E-state index in [1.807, 2.05) is 37.3 Å². The van der Waals surface area contributed by atoms with E-state index in [9.17, 15) is 4.39 Å². The Labute approximate surface area is 152 Å². The van der Waals surface area contributed by atoms with Gasteiger partial charge in [0.1, 0.15) is 5.82 Å². The van der Waals surface area contributed by atoms with E-state index in [2.05, 4.69) is 20.4 Å². The van der Waals surface area contributed by atoms with E-state index in [4.69, 9.17) is 8.83 Å². The standard InChI is InChI=1S/C18H13FN4O2S/c1-11(15-20-21-16(24-15)12-7-3-2-4-8-12)26-18-23-22-17(25-18)13-9-5-6-10-14(13)19/h2-11H,1H3/t11-/m0/s1. The maximum Gasteiger partial charge on any atom is 0.277 e. The minimum absolute atomic E-state index is 0.133. The average molecular weight is 368 g/mol. The van der Waals surface area contributed by atoms with Crippen LogP contribution in [0, 0.1) is 5.82 Å². The van der Waals surface area contributed by atoms with Crippen molar-refractivity contribution in [3.05, 3.63) is 66.3 Å². The molecule has 8 heteroatoms. The van der Waals surface area contributed by atoms with Crippen LogP contribution in [0.5, 0.6) is 0 Å². The van der Waals surface area contributed by atoms with Crippen LogP contribution in [0.2, 0.25) is 0 Å². The van der Waals surface area contributed by atoms with Gasteiger partial charge in [0.05, 0.1) is 10.8 Å². The maximum absolute atomic E-state index is 13.8. The van der Waals surface area contributed by atoms with E-state index >= 15 is 0 Å². The van der Waals surface area contributed by atoms with Gasteiger partial charge < -0.3 is 8.83 Å². The van der Waals surface area contributed by atoms with Crippen LogP contribution in [0.3, 0.4) is 0 Å². The van der Waals surface area contributed by atoms with Gasteiger partial charge in [-0.15, -0.1) is 20.4 Å². The second-order valence-corrected chi connectivity index (χ2v) is 6.72. The summed E-state index contributed by atoms with van der Waals surface area (Å²) in [6, 6.07) is 15.8. The lowest BCUT2D eigenvalue weighted by Gasteiger charge is -2.01. The minimum atomic E-state index is -0.412. The first-order valence-corrected chi connectivity index (χ1v) is 8.72. The Balaban J connectivity index is 1.50. The Morgan fingerprint density at radius 2 is 1.58 bits per heavy atom. The van der Waals surface area contributed by atoms with Crippen molar-refractivity contribution in [1.82, 2.24) is 20.4 Å². The first-order valence-electron chi connectivity index (χ1n) is 7.84. The zero-order valence-corrected chi connectivity index (χ0v) is 14.5. The Bertz CT molecular complexity index is 1020. The van der Waals surface area contributed by atoms with Gasteiger partial charge in [0, 0.05) is 5.56 Å². The highest BCUT2D eigenvalue weighted by atomic mass is 32.2. The quantitative estimate of drug-likeness (QED) is 0.469. The molecular weight excluding hydrogens is 355 g/mol. The first kappa shape index (κ1) is 16.5. The van der Waals surface area contributed by atoms with E-state index in [1.54, 1.807) is 18.2 Å². The smallest absolute Gasteiger partial charge is 0.277 e. The summed E-state index contributed by atoms with van der Waals surface area (Å²) in [5.41, 5.74) is 1.12. The predicted molar refractivity (Wildman–Crippen MR) is 93.7 cm³/mol. The van der Waals surface area contributed by atoms with E-state index in [-0.39, 0.29) is 16.7 Å². The molecule has 6 nitrogen and oxygen atoms in total. The monoisotopic (exact) mass is 368 g/mol. The van der Waals surface area contributed by atoms with Crippen molar-refractivity contribution in [1.29, 1.82) is 0 Å². The van der Waals surface area contributed by atoms with Crippen molar-refractivity contribution in [2.24, 2.45) is 0 Å². The lowest BCUT2D eigenvalue weighted by Crippen LogP contribution is -1.88. The summed E-state index contributed by atoms with van der Waals surface area (Å²) in [7, 11) is 0. The molecule has 0 aliphatic rings. The Morgan fingerprint density at radius 3 is 2.38 bits per heavy atom. The zero-order valence-electron chi connectivity index (χ0n) is 13.7. The summed E-state index contributed by atoms with van der Waals surface area (Å²) in [6.07, 6.45) is 0. The van der Waals surface area contributed by atoms with E-state index in [0.29, 0.717) is 17.0 Å². The normalized spacial score (nSPS) is 12.2. The van der Waals surface area contributed by atoms with Crippen molar-refractivity contribution < 1.29 is 13.2 Å². The third-order valence-corrected chi connectivity index (χ3v) is 4.52. The summed E-state index contributed by atoms with van der Waals surface area (Å²) in [4.78, 5) is 0. The number of rotatable bonds is 5. The second-order valence-electron chi connectivity index (χ2n) is 5.42. The molecule has 0 unspecified atom stereocenters. The van der Waals surface area contributed by atoms with Crippen LogP contribution < -0.4 is 0 Å². The van der Waals surface area contributed by atoms with Gasteiger partial charge in [0.15, 0.2) is 0 Å². The minimum Gasteiger partial charge on any atom is -0.419 e. The van der Waals surface area contributed by atoms with Crippen LogP contribution >= 0.6 is 11.8 Å². The fourth-order valence-corrected chi connectivity index (χ4v) is 3.01. The Hall–Kier alpha value is -3.00. The number of hydrogen-bond donors (Lipinski definition) is 0. The molecule has 130 valence electrons. The van der Waals surface area contributed by atoms with E-state index in [0.717, 1.165) is 5.56 Å². The molecule has 0 saturated heterocycles. The van der Waals surface area contributed by atoms with Crippen molar-refractivity contribution in [2.75, 3.05) is 0 Å². The van der Waals surface area contributed by atoms with Crippen LogP contribution in [-0.2, 0) is 0 Å². The molecule has 4 rings (SSSR count). The average Bonchev–Trinajstić information content (AvgIpc) is 3.33. The molecule has 2 aromatic carbocycles.